The van der Waals surface area contributed by atoms with Gasteiger partial charge in [-0.15, -0.1) is 0 Å². The average molecular weight is 226 g/mol. The van der Waals surface area contributed by atoms with E-state index in [9.17, 15) is 4.79 Å². The molecule has 1 saturated carbocycles. The maximum absolute atomic E-state index is 11.9. The van der Waals surface area contributed by atoms with Gasteiger partial charge >= 0.3 is 0 Å². The van der Waals surface area contributed by atoms with Gasteiger partial charge in [-0.3, -0.25) is 4.79 Å². The van der Waals surface area contributed by atoms with Gasteiger partial charge in [-0.05, 0) is 38.0 Å². The molecular formula is C14H26O2. The largest absolute Gasteiger partial charge is 0.385 e. The van der Waals surface area contributed by atoms with Crippen molar-refractivity contribution in [2.24, 2.45) is 11.8 Å². The molecule has 0 heterocycles. The van der Waals surface area contributed by atoms with Gasteiger partial charge in [0.1, 0.15) is 5.78 Å². The molecule has 0 N–H and O–H groups in total. The molecule has 1 rings (SSSR count). The van der Waals surface area contributed by atoms with Crippen molar-refractivity contribution >= 4 is 5.78 Å². The zero-order chi connectivity index (χ0) is 11.8. The number of methoxy groups -OCH3 is 1. The SMILES string of the molecule is CCCC1CCC(C(=O)CCCOC)CC1. The summed E-state index contributed by atoms with van der Waals surface area (Å²) in [6.07, 6.45) is 9.07. The Balaban J connectivity index is 2.17. The Morgan fingerprint density at radius 1 is 1.25 bits per heavy atom. The summed E-state index contributed by atoms with van der Waals surface area (Å²) in [5, 5.41) is 0. The fourth-order valence-corrected chi connectivity index (χ4v) is 2.78. The first-order chi connectivity index (χ1) is 7.77. The number of hydrogen-bond donors (Lipinski definition) is 0. The lowest BCUT2D eigenvalue weighted by atomic mass is 9.78. The highest BCUT2D eigenvalue weighted by molar-refractivity contribution is 5.81. The monoisotopic (exact) mass is 226 g/mol. The highest BCUT2D eigenvalue weighted by Crippen LogP contribution is 2.32. The number of hydrogen-bond acceptors (Lipinski definition) is 2. The van der Waals surface area contributed by atoms with Gasteiger partial charge in [0.05, 0.1) is 0 Å². The Labute approximate surface area is 99.8 Å². The molecule has 0 amide bonds. The van der Waals surface area contributed by atoms with Gasteiger partial charge in [0.2, 0.25) is 0 Å². The quantitative estimate of drug-likeness (QED) is 0.620. The molecule has 2 nitrogen and oxygen atoms in total. The molecule has 2 heteroatoms. The van der Waals surface area contributed by atoms with Crippen LogP contribution in [0.4, 0.5) is 0 Å². The second kappa shape index (κ2) is 7.83. The first-order valence-electron chi connectivity index (χ1n) is 6.79. The van der Waals surface area contributed by atoms with Crippen LogP contribution in [0, 0.1) is 11.8 Å². The Kier molecular flexibility index (Phi) is 6.70. The van der Waals surface area contributed by atoms with Gasteiger partial charge in [0, 0.05) is 26.1 Å². The summed E-state index contributed by atoms with van der Waals surface area (Å²) in [4.78, 5) is 11.9. The Hall–Kier alpha value is -0.370. The summed E-state index contributed by atoms with van der Waals surface area (Å²) >= 11 is 0. The van der Waals surface area contributed by atoms with Crippen molar-refractivity contribution in [2.75, 3.05) is 13.7 Å². The summed E-state index contributed by atoms with van der Waals surface area (Å²) in [5.41, 5.74) is 0. The van der Waals surface area contributed by atoms with Crippen molar-refractivity contribution < 1.29 is 9.53 Å². The van der Waals surface area contributed by atoms with E-state index in [1.54, 1.807) is 7.11 Å². The van der Waals surface area contributed by atoms with E-state index in [0.29, 0.717) is 11.7 Å². The maximum Gasteiger partial charge on any atom is 0.136 e. The Morgan fingerprint density at radius 3 is 2.50 bits per heavy atom. The standard InChI is InChI=1S/C14H26O2/c1-3-5-12-7-9-13(10-8-12)14(15)6-4-11-16-2/h12-13H,3-11H2,1-2H3. The van der Waals surface area contributed by atoms with Crippen molar-refractivity contribution in [2.45, 2.75) is 58.3 Å². The normalized spacial score (nSPS) is 25.6. The van der Waals surface area contributed by atoms with E-state index in [2.05, 4.69) is 6.92 Å². The minimum absolute atomic E-state index is 0.366. The summed E-state index contributed by atoms with van der Waals surface area (Å²) in [6.45, 7) is 2.97. The molecule has 0 radical (unpaired) electrons. The zero-order valence-electron chi connectivity index (χ0n) is 10.8. The second-order valence-electron chi connectivity index (χ2n) is 5.07. The molecule has 0 aromatic rings. The second-order valence-corrected chi connectivity index (χ2v) is 5.07. The van der Waals surface area contributed by atoms with Crippen LogP contribution in [0.25, 0.3) is 0 Å². The van der Waals surface area contributed by atoms with Crippen LogP contribution >= 0.6 is 0 Å². The molecule has 0 atom stereocenters. The fourth-order valence-electron chi connectivity index (χ4n) is 2.78. The third-order valence-electron chi connectivity index (χ3n) is 3.77. The van der Waals surface area contributed by atoms with Crippen LogP contribution < -0.4 is 0 Å². The van der Waals surface area contributed by atoms with Gasteiger partial charge in [-0.2, -0.15) is 0 Å². The molecule has 0 unspecified atom stereocenters. The Morgan fingerprint density at radius 2 is 1.94 bits per heavy atom. The minimum Gasteiger partial charge on any atom is -0.385 e. The van der Waals surface area contributed by atoms with Crippen molar-refractivity contribution in [1.82, 2.24) is 0 Å². The van der Waals surface area contributed by atoms with Crippen molar-refractivity contribution in [1.29, 1.82) is 0 Å². The molecule has 0 spiro atoms. The lowest BCUT2D eigenvalue weighted by Gasteiger charge is -2.27. The summed E-state index contributed by atoms with van der Waals surface area (Å²) in [7, 11) is 1.69. The number of ketones is 1. The van der Waals surface area contributed by atoms with Crippen LogP contribution in [0.15, 0.2) is 0 Å². The topological polar surface area (TPSA) is 26.3 Å². The number of carbonyl (C=O) groups excluding carboxylic acids is 1. The first-order valence-corrected chi connectivity index (χ1v) is 6.79. The van der Waals surface area contributed by atoms with Crippen molar-refractivity contribution in [3.8, 4) is 0 Å². The van der Waals surface area contributed by atoms with Gasteiger partial charge in [-0.25, -0.2) is 0 Å². The van der Waals surface area contributed by atoms with Gasteiger partial charge in [-0.1, -0.05) is 19.8 Å². The van der Waals surface area contributed by atoms with E-state index in [0.717, 1.165) is 38.2 Å². The molecule has 0 aromatic heterocycles. The van der Waals surface area contributed by atoms with E-state index in [4.69, 9.17) is 4.74 Å². The molecule has 94 valence electrons. The fraction of sp³-hybridized carbons (Fsp3) is 0.929. The number of ether oxygens (including phenoxy) is 1. The highest BCUT2D eigenvalue weighted by Gasteiger charge is 2.25. The van der Waals surface area contributed by atoms with E-state index >= 15 is 0 Å². The molecule has 1 fully saturated rings. The molecule has 0 saturated heterocycles. The van der Waals surface area contributed by atoms with Crippen LogP contribution in [-0.2, 0) is 9.53 Å². The van der Waals surface area contributed by atoms with Crippen LogP contribution in [0.2, 0.25) is 0 Å². The van der Waals surface area contributed by atoms with Gasteiger partial charge in [0.15, 0.2) is 0 Å². The molecule has 1 aliphatic carbocycles. The summed E-state index contributed by atoms with van der Waals surface area (Å²) < 4.78 is 4.98. The number of carbonyl (C=O) groups is 1. The minimum atomic E-state index is 0.366. The van der Waals surface area contributed by atoms with E-state index in [-0.39, 0.29) is 0 Å². The molecule has 0 bridgehead atoms. The predicted octanol–water partition coefficient (Wildman–Crippen LogP) is 3.59. The predicted molar refractivity (Wildman–Crippen MR) is 66.5 cm³/mol. The van der Waals surface area contributed by atoms with Gasteiger partial charge < -0.3 is 4.74 Å². The molecule has 0 aromatic carbocycles. The van der Waals surface area contributed by atoms with E-state index < -0.39 is 0 Å². The van der Waals surface area contributed by atoms with Gasteiger partial charge in [0.25, 0.3) is 0 Å². The molecule has 1 aliphatic rings. The van der Waals surface area contributed by atoms with Crippen LogP contribution in [0.1, 0.15) is 58.3 Å². The first kappa shape index (κ1) is 13.7. The summed E-state index contributed by atoms with van der Waals surface area (Å²) in [5.74, 6) is 1.74. The van der Waals surface area contributed by atoms with E-state index in [1.807, 2.05) is 0 Å². The highest BCUT2D eigenvalue weighted by atomic mass is 16.5. The zero-order valence-corrected chi connectivity index (χ0v) is 10.8. The van der Waals surface area contributed by atoms with Crippen LogP contribution in [-0.4, -0.2) is 19.5 Å². The summed E-state index contributed by atoms with van der Waals surface area (Å²) in [6, 6.07) is 0. The Bertz CT molecular complexity index is 193. The number of rotatable bonds is 7. The lowest BCUT2D eigenvalue weighted by Crippen LogP contribution is -2.22. The third kappa shape index (κ3) is 4.65. The third-order valence-corrected chi connectivity index (χ3v) is 3.77. The smallest absolute Gasteiger partial charge is 0.136 e. The van der Waals surface area contributed by atoms with Crippen molar-refractivity contribution in [3.63, 3.8) is 0 Å². The van der Waals surface area contributed by atoms with Crippen molar-refractivity contribution in [3.05, 3.63) is 0 Å². The molecular weight excluding hydrogens is 200 g/mol. The average Bonchev–Trinajstić information content (AvgIpc) is 2.30. The lowest BCUT2D eigenvalue weighted by molar-refractivity contribution is -0.124. The van der Waals surface area contributed by atoms with Crippen LogP contribution in [0.5, 0.6) is 0 Å². The molecule has 0 aliphatic heterocycles. The molecule has 16 heavy (non-hydrogen) atoms. The maximum atomic E-state index is 11.9. The van der Waals surface area contributed by atoms with Crippen LogP contribution in [0.3, 0.4) is 0 Å². The van der Waals surface area contributed by atoms with E-state index in [1.165, 1.54) is 25.7 Å². The number of Topliss-reactive ketones (excluding diaryl/α,β-unsaturated/α-hetero) is 1.